The molecular weight excluding hydrogens is 398 g/mol. The number of aromatic hydroxyl groups is 1. The predicted molar refractivity (Wildman–Crippen MR) is 134 cm³/mol. The van der Waals surface area contributed by atoms with Crippen LogP contribution >= 0.6 is 0 Å². The number of unbranched alkanes of at least 4 members (excludes halogenated alkanes) is 9. The Morgan fingerprint density at radius 2 is 1.38 bits per heavy atom. The smallest absolute Gasteiger partial charge is 0.330 e. The van der Waals surface area contributed by atoms with Gasteiger partial charge in [-0.2, -0.15) is 0 Å². The van der Waals surface area contributed by atoms with Gasteiger partial charge in [0.15, 0.2) is 0 Å². The topological polar surface area (TPSA) is 58.9 Å². The number of ether oxygens (including phenoxy) is 1. The summed E-state index contributed by atoms with van der Waals surface area (Å²) in [5, 5.41) is 9.30. The summed E-state index contributed by atoms with van der Waals surface area (Å²) in [6, 6.07) is 14.5. The Balaban J connectivity index is 1.57. The van der Waals surface area contributed by atoms with Crippen molar-refractivity contribution in [1.29, 1.82) is 0 Å². The van der Waals surface area contributed by atoms with Gasteiger partial charge in [-0.1, -0.05) is 89.0 Å². The minimum atomic E-state index is -0.293. The van der Waals surface area contributed by atoms with Crippen molar-refractivity contribution in [1.82, 2.24) is 0 Å². The van der Waals surface area contributed by atoms with Gasteiger partial charge in [0.25, 0.3) is 0 Å². The molecule has 4 nitrogen and oxygen atoms in total. The van der Waals surface area contributed by atoms with Crippen LogP contribution in [0.1, 0.15) is 82.3 Å². The highest BCUT2D eigenvalue weighted by molar-refractivity contribution is 5.87. The fourth-order valence-electron chi connectivity index (χ4n) is 3.36. The summed E-state index contributed by atoms with van der Waals surface area (Å²) in [4.78, 5) is 16.3. The van der Waals surface area contributed by atoms with Crippen LogP contribution in [-0.2, 0) is 9.53 Å². The molecular formula is C28H37NO3. The molecule has 0 aliphatic carbocycles. The molecule has 0 aromatic heterocycles. The third kappa shape index (κ3) is 11.5. The number of carbonyl (C=O) groups excluding carboxylic acids is 1. The number of phenolic OH excluding ortho intramolecular Hbond substituents is 1. The summed E-state index contributed by atoms with van der Waals surface area (Å²) >= 11 is 0. The Morgan fingerprint density at radius 1 is 0.812 bits per heavy atom. The van der Waals surface area contributed by atoms with E-state index in [1.807, 2.05) is 24.3 Å². The highest BCUT2D eigenvalue weighted by Crippen LogP contribution is 2.16. The van der Waals surface area contributed by atoms with Crippen molar-refractivity contribution in [3.63, 3.8) is 0 Å². The Kier molecular flexibility index (Phi) is 12.6. The van der Waals surface area contributed by atoms with E-state index in [0.717, 1.165) is 29.7 Å². The van der Waals surface area contributed by atoms with Crippen LogP contribution in [0.4, 0.5) is 5.69 Å². The van der Waals surface area contributed by atoms with Gasteiger partial charge in [0.05, 0.1) is 12.3 Å². The zero-order valence-electron chi connectivity index (χ0n) is 19.3. The van der Waals surface area contributed by atoms with Gasteiger partial charge in [-0.3, -0.25) is 4.99 Å². The molecule has 172 valence electrons. The van der Waals surface area contributed by atoms with Crippen molar-refractivity contribution in [2.24, 2.45) is 4.99 Å². The van der Waals surface area contributed by atoms with Crippen molar-refractivity contribution < 1.29 is 14.6 Å². The van der Waals surface area contributed by atoms with Gasteiger partial charge >= 0.3 is 5.97 Å². The third-order valence-electron chi connectivity index (χ3n) is 5.30. The Labute approximate surface area is 193 Å². The van der Waals surface area contributed by atoms with Crippen molar-refractivity contribution in [3.05, 3.63) is 65.7 Å². The lowest BCUT2D eigenvalue weighted by molar-refractivity contribution is -0.137. The molecule has 0 saturated carbocycles. The quantitative estimate of drug-likeness (QED) is 0.135. The molecule has 0 heterocycles. The minimum Gasteiger partial charge on any atom is -0.508 e. The van der Waals surface area contributed by atoms with Crippen LogP contribution in [0.3, 0.4) is 0 Å². The molecule has 2 aromatic rings. The normalized spacial score (nSPS) is 11.4. The molecule has 0 radical (unpaired) electrons. The molecule has 0 aliphatic heterocycles. The van der Waals surface area contributed by atoms with E-state index in [9.17, 15) is 9.90 Å². The summed E-state index contributed by atoms with van der Waals surface area (Å²) in [6.07, 6.45) is 17.7. The second-order valence-corrected chi connectivity index (χ2v) is 8.12. The number of benzene rings is 2. The van der Waals surface area contributed by atoms with E-state index in [-0.39, 0.29) is 11.7 Å². The largest absolute Gasteiger partial charge is 0.508 e. The summed E-state index contributed by atoms with van der Waals surface area (Å²) in [5.74, 6) is -0.0685. The first-order valence-corrected chi connectivity index (χ1v) is 12.0. The van der Waals surface area contributed by atoms with Crippen molar-refractivity contribution in [3.8, 4) is 5.75 Å². The van der Waals surface area contributed by atoms with Crippen LogP contribution in [0.5, 0.6) is 5.75 Å². The van der Waals surface area contributed by atoms with E-state index >= 15 is 0 Å². The van der Waals surface area contributed by atoms with Crippen molar-refractivity contribution in [2.45, 2.75) is 71.1 Å². The lowest BCUT2D eigenvalue weighted by Gasteiger charge is -2.03. The Hall–Kier alpha value is -2.88. The minimum absolute atomic E-state index is 0.224. The fraction of sp³-hybridized carbons (Fsp3) is 0.429. The van der Waals surface area contributed by atoms with E-state index in [4.69, 9.17) is 4.74 Å². The van der Waals surface area contributed by atoms with Gasteiger partial charge in [0, 0.05) is 12.3 Å². The molecule has 4 heteroatoms. The number of aliphatic imine (C=N–C) groups is 1. The number of nitrogens with zero attached hydrogens (tertiary/aromatic N) is 1. The monoisotopic (exact) mass is 435 g/mol. The van der Waals surface area contributed by atoms with E-state index in [1.165, 1.54) is 57.4 Å². The maximum absolute atomic E-state index is 11.9. The zero-order chi connectivity index (χ0) is 22.9. The average Bonchev–Trinajstić information content (AvgIpc) is 2.81. The molecule has 0 fully saturated rings. The highest BCUT2D eigenvalue weighted by Gasteiger charge is 1.98. The molecule has 0 bridgehead atoms. The van der Waals surface area contributed by atoms with Gasteiger partial charge < -0.3 is 9.84 Å². The molecule has 0 saturated heterocycles. The summed E-state index contributed by atoms with van der Waals surface area (Å²) in [7, 11) is 0. The van der Waals surface area contributed by atoms with E-state index < -0.39 is 0 Å². The number of phenols is 1. The van der Waals surface area contributed by atoms with Gasteiger partial charge in [0.1, 0.15) is 5.75 Å². The lowest BCUT2D eigenvalue weighted by atomic mass is 10.1. The number of rotatable bonds is 15. The third-order valence-corrected chi connectivity index (χ3v) is 5.30. The fourth-order valence-corrected chi connectivity index (χ4v) is 3.36. The Morgan fingerprint density at radius 3 is 2.00 bits per heavy atom. The van der Waals surface area contributed by atoms with Crippen LogP contribution in [0.15, 0.2) is 59.6 Å². The number of carbonyl (C=O) groups is 1. The van der Waals surface area contributed by atoms with Gasteiger partial charge in [0.2, 0.25) is 0 Å². The van der Waals surface area contributed by atoms with Crippen LogP contribution in [-0.4, -0.2) is 23.9 Å². The maximum atomic E-state index is 11.9. The molecule has 0 unspecified atom stereocenters. The van der Waals surface area contributed by atoms with E-state index in [0.29, 0.717) is 6.61 Å². The molecule has 0 atom stereocenters. The first-order chi connectivity index (χ1) is 15.7. The van der Waals surface area contributed by atoms with Gasteiger partial charge in [-0.05, 0) is 47.9 Å². The number of esters is 1. The second kappa shape index (κ2) is 15.9. The first kappa shape index (κ1) is 25.4. The molecule has 2 aromatic carbocycles. The van der Waals surface area contributed by atoms with Gasteiger partial charge in [-0.15, -0.1) is 0 Å². The average molecular weight is 436 g/mol. The molecule has 0 spiro atoms. The van der Waals surface area contributed by atoms with Crippen LogP contribution < -0.4 is 0 Å². The van der Waals surface area contributed by atoms with Crippen LogP contribution in [0.25, 0.3) is 6.08 Å². The van der Waals surface area contributed by atoms with Crippen molar-refractivity contribution in [2.75, 3.05) is 6.61 Å². The van der Waals surface area contributed by atoms with E-state index in [1.54, 1.807) is 36.6 Å². The molecule has 32 heavy (non-hydrogen) atoms. The molecule has 0 aliphatic rings. The summed E-state index contributed by atoms with van der Waals surface area (Å²) in [6.45, 7) is 2.74. The number of hydrogen-bond acceptors (Lipinski definition) is 4. The highest BCUT2D eigenvalue weighted by atomic mass is 16.5. The predicted octanol–water partition coefficient (Wildman–Crippen LogP) is 7.62. The van der Waals surface area contributed by atoms with Crippen LogP contribution in [0, 0.1) is 0 Å². The van der Waals surface area contributed by atoms with Crippen molar-refractivity contribution >= 4 is 23.9 Å². The summed E-state index contributed by atoms with van der Waals surface area (Å²) < 4.78 is 5.29. The maximum Gasteiger partial charge on any atom is 0.330 e. The van der Waals surface area contributed by atoms with Crippen LogP contribution in [0.2, 0.25) is 0 Å². The standard InChI is InChI=1S/C28H37NO3/c1-2-3-4-5-6-7-8-9-10-11-22-32-28(31)21-16-24-12-14-25(15-13-24)23-29-26-17-19-27(30)20-18-26/h12-21,23,30H,2-11,22H2,1H3/b21-16+,29-23?. The lowest BCUT2D eigenvalue weighted by Crippen LogP contribution is -2.02. The molecule has 0 amide bonds. The SMILES string of the molecule is CCCCCCCCCCCCOC(=O)/C=C/c1ccc(C=Nc2ccc(O)cc2)cc1. The summed E-state index contributed by atoms with van der Waals surface area (Å²) in [5.41, 5.74) is 2.67. The Bertz CT molecular complexity index is 823. The van der Waals surface area contributed by atoms with Gasteiger partial charge in [-0.25, -0.2) is 4.79 Å². The zero-order valence-corrected chi connectivity index (χ0v) is 19.3. The molecule has 1 N–H and O–H groups in total. The number of hydrogen-bond donors (Lipinski definition) is 1. The second-order valence-electron chi connectivity index (χ2n) is 8.12. The molecule has 2 rings (SSSR count). The van der Waals surface area contributed by atoms with E-state index in [2.05, 4.69) is 11.9 Å². The first-order valence-electron chi connectivity index (χ1n) is 12.0.